The molecule has 2 aromatic carbocycles. The third-order valence-corrected chi connectivity index (χ3v) is 5.57. The van der Waals surface area contributed by atoms with Gasteiger partial charge >= 0.3 is 0 Å². The summed E-state index contributed by atoms with van der Waals surface area (Å²) in [6.07, 6.45) is 0. The van der Waals surface area contributed by atoms with Crippen molar-refractivity contribution in [2.45, 2.75) is 50.9 Å². The van der Waals surface area contributed by atoms with Gasteiger partial charge in [0.15, 0.2) is 0 Å². The average Bonchev–Trinajstić information content (AvgIpc) is 3.12. The Kier molecular flexibility index (Phi) is 6.14. The van der Waals surface area contributed by atoms with E-state index in [1.165, 1.54) is 22.9 Å². The van der Waals surface area contributed by atoms with E-state index in [-0.39, 0.29) is 11.2 Å². The molecule has 0 radical (unpaired) electrons. The number of tetrazole rings is 1. The molecule has 3 rings (SSSR count). The van der Waals surface area contributed by atoms with E-state index in [4.69, 9.17) is 0 Å². The maximum Gasteiger partial charge on any atom is 0.237 e. The lowest BCUT2D eigenvalue weighted by Gasteiger charge is -2.14. The Morgan fingerprint density at radius 1 is 1.07 bits per heavy atom. The van der Waals surface area contributed by atoms with Gasteiger partial charge in [0.2, 0.25) is 11.1 Å². The first kappa shape index (κ1) is 20.1. The third kappa shape index (κ3) is 4.59. The topological polar surface area (TPSA) is 72.7 Å². The zero-order valence-corrected chi connectivity index (χ0v) is 17.6. The van der Waals surface area contributed by atoms with Crippen LogP contribution in [-0.4, -0.2) is 31.4 Å². The van der Waals surface area contributed by atoms with Gasteiger partial charge in [-0.1, -0.05) is 55.4 Å². The molecule has 0 aliphatic rings. The second-order valence-electron chi connectivity index (χ2n) is 7.19. The molecular weight excluding hydrogens is 370 g/mol. The van der Waals surface area contributed by atoms with Crippen molar-refractivity contribution in [3.8, 4) is 5.69 Å². The molecule has 1 heterocycles. The molecule has 0 aliphatic heterocycles. The molecule has 0 saturated carbocycles. The van der Waals surface area contributed by atoms with Crippen molar-refractivity contribution in [1.82, 2.24) is 20.2 Å². The van der Waals surface area contributed by atoms with E-state index >= 15 is 0 Å². The molecule has 7 heteroatoms. The number of rotatable bonds is 6. The van der Waals surface area contributed by atoms with Gasteiger partial charge in [0.1, 0.15) is 0 Å². The number of carbonyl (C=O) groups is 1. The number of nitrogens with zero attached hydrogens (tertiary/aromatic N) is 4. The van der Waals surface area contributed by atoms with Crippen LogP contribution in [0.1, 0.15) is 43.4 Å². The van der Waals surface area contributed by atoms with E-state index in [1.54, 1.807) is 4.68 Å². The summed E-state index contributed by atoms with van der Waals surface area (Å²) in [5.74, 6) is 0.382. The van der Waals surface area contributed by atoms with Gasteiger partial charge in [-0.15, -0.1) is 5.10 Å². The van der Waals surface area contributed by atoms with Crippen LogP contribution in [-0.2, 0) is 4.79 Å². The fraction of sp³-hybridized carbons (Fsp3) is 0.333. The van der Waals surface area contributed by atoms with Crippen molar-refractivity contribution in [3.05, 3.63) is 59.2 Å². The first-order valence-electron chi connectivity index (χ1n) is 9.28. The number of aromatic nitrogens is 4. The molecule has 1 amide bonds. The summed E-state index contributed by atoms with van der Waals surface area (Å²) in [6, 6.07) is 14.1. The van der Waals surface area contributed by atoms with Crippen LogP contribution in [0.25, 0.3) is 5.69 Å². The average molecular weight is 396 g/mol. The minimum Gasteiger partial charge on any atom is -0.325 e. The van der Waals surface area contributed by atoms with Crippen LogP contribution in [0.4, 0.5) is 5.69 Å². The van der Waals surface area contributed by atoms with Crippen LogP contribution in [0.5, 0.6) is 0 Å². The second-order valence-corrected chi connectivity index (χ2v) is 8.50. The maximum atomic E-state index is 12.6. The summed E-state index contributed by atoms with van der Waals surface area (Å²) < 4.78 is 1.66. The number of hydrogen-bond donors (Lipinski definition) is 1. The highest BCUT2D eigenvalue weighted by Gasteiger charge is 2.20. The van der Waals surface area contributed by atoms with Crippen LogP contribution >= 0.6 is 11.8 Å². The quantitative estimate of drug-likeness (QED) is 0.621. The lowest BCUT2D eigenvalue weighted by Crippen LogP contribution is -2.23. The van der Waals surface area contributed by atoms with Gasteiger partial charge in [0.25, 0.3) is 0 Å². The number of anilines is 1. The zero-order chi connectivity index (χ0) is 20.3. The van der Waals surface area contributed by atoms with Crippen LogP contribution in [0, 0.1) is 13.8 Å². The molecule has 0 bridgehead atoms. The van der Waals surface area contributed by atoms with Gasteiger partial charge in [-0.05, 0) is 66.4 Å². The molecule has 0 aliphatic carbocycles. The molecule has 1 aromatic heterocycles. The van der Waals surface area contributed by atoms with Crippen molar-refractivity contribution >= 4 is 23.4 Å². The highest BCUT2D eigenvalue weighted by atomic mass is 32.2. The maximum absolute atomic E-state index is 12.6. The summed E-state index contributed by atoms with van der Waals surface area (Å²) in [4.78, 5) is 12.6. The number of carbonyl (C=O) groups excluding carboxylic acids is 1. The van der Waals surface area contributed by atoms with Gasteiger partial charge < -0.3 is 5.32 Å². The first-order valence-corrected chi connectivity index (χ1v) is 10.2. The fourth-order valence-corrected chi connectivity index (χ4v) is 3.62. The minimum atomic E-state index is -0.347. The Hall–Kier alpha value is -2.67. The smallest absolute Gasteiger partial charge is 0.237 e. The van der Waals surface area contributed by atoms with E-state index < -0.39 is 0 Å². The summed E-state index contributed by atoms with van der Waals surface area (Å²) >= 11 is 1.33. The van der Waals surface area contributed by atoms with Crippen molar-refractivity contribution in [2.75, 3.05) is 5.32 Å². The lowest BCUT2D eigenvalue weighted by atomic mass is 10.0. The van der Waals surface area contributed by atoms with Crippen molar-refractivity contribution in [1.29, 1.82) is 0 Å². The van der Waals surface area contributed by atoms with Gasteiger partial charge in [-0.25, -0.2) is 0 Å². The Labute approximate surface area is 169 Å². The Bertz CT molecular complexity index is 965. The highest BCUT2D eigenvalue weighted by molar-refractivity contribution is 8.00. The monoisotopic (exact) mass is 395 g/mol. The largest absolute Gasteiger partial charge is 0.325 e. The Balaban J connectivity index is 1.71. The van der Waals surface area contributed by atoms with Gasteiger partial charge in [-0.2, -0.15) is 4.68 Å². The summed E-state index contributed by atoms with van der Waals surface area (Å²) in [5.41, 5.74) is 5.17. The lowest BCUT2D eigenvalue weighted by molar-refractivity contribution is -0.115. The number of hydrogen-bond acceptors (Lipinski definition) is 5. The van der Waals surface area contributed by atoms with Crippen LogP contribution in [0.3, 0.4) is 0 Å². The second kappa shape index (κ2) is 8.56. The predicted molar refractivity (Wildman–Crippen MR) is 113 cm³/mol. The fourth-order valence-electron chi connectivity index (χ4n) is 2.81. The highest BCUT2D eigenvalue weighted by Crippen LogP contribution is 2.25. The minimum absolute atomic E-state index is 0.0818. The van der Waals surface area contributed by atoms with Gasteiger partial charge in [0, 0.05) is 5.69 Å². The molecule has 1 unspecified atom stereocenters. The molecule has 3 aromatic rings. The Morgan fingerprint density at radius 3 is 2.43 bits per heavy atom. The number of benzene rings is 2. The van der Waals surface area contributed by atoms with E-state index in [1.807, 2.05) is 45.0 Å². The standard InChI is InChI=1S/C21H25N5OS/c1-13(2)17-7-9-18(10-8-17)26-21(23-24-25-26)28-16(5)20(27)22-19-11-6-14(3)12-15(19)4/h6-13,16H,1-5H3,(H,22,27). The van der Waals surface area contributed by atoms with Crippen LogP contribution in [0.15, 0.2) is 47.6 Å². The van der Waals surface area contributed by atoms with Gasteiger partial charge in [0.05, 0.1) is 10.9 Å². The Morgan fingerprint density at radius 2 is 1.79 bits per heavy atom. The number of aryl methyl sites for hydroxylation is 2. The molecular formula is C21H25N5OS. The number of nitrogens with one attached hydrogen (secondary N) is 1. The SMILES string of the molecule is Cc1ccc(NC(=O)C(C)Sc2nnnn2-c2ccc(C(C)C)cc2)c(C)c1. The molecule has 146 valence electrons. The number of amides is 1. The molecule has 1 N–H and O–H groups in total. The molecule has 1 atom stereocenters. The van der Waals surface area contributed by atoms with Crippen molar-refractivity contribution in [2.24, 2.45) is 0 Å². The number of thioether (sulfide) groups is 1. The van der Waals surface area contributed by atoms with Crippen LogP contribution in [0.2, 0.25) is 0 Å². The van der Waals surface area contributed by atoms with Crippen LogP contribution < -0.4 is 5.32 Å². The molecule has 28 heavy (non-hydrogen) atoms. The summed E-state index contributed by atoms with van der Waals surface area (Å²) in [6.45, 7) is 10.2. The third-order valence-electron chi connectivity index (χ3n) is 4.54. The molecule has 0 spiro atoms. The van der Waals surface area contributed by atoms with Crippen molar-refractivity contribution < 1.29 is 4.79 Å². The molecule has 0 fully saturated rings. The molecule has 0 saturated heterocycles. The predicted octanol–water partition coefficient (Wildman–Crippen LogP) is 4.52. The summed E-state index contributed by atoms with van der Waals surface area (Å²) in [7, 11) is 0. The normalized spacial score (nSPS) is 12.2. The van der Waals surface area contributed by atoms with E-state index in [0.29, 0.717) is 11.1 Å². The van der Waals surface area contributed by atoms with Gasteiger partial charge in [-0.3, -0.25) is 4.79 Å². The molecule has 6 nitrogen and oxygen atoms in total. The summed E-state index contributed by atoms with van der Waals surface area (Å²) in [5, 5.41) is 15.2. The first-order chi connectivity index (χ1) is 13.3. The van der Waals surface area contributed by atoms with E-state index in [0.717, 1.165) is 16.9 Å². The zero-order valence-electron chi connectivity index (χ0n) is 16.8. The van der Waals surface area contributed by atoms with Crippen molar-refractivity contribution in [3.63, 3.8) is 0 Å². The van der Waals surface area contributed by atoms with E-state index in [2.05, 4.69) is 52.9 Å². The van der Waals surface area contributed by atoms with E-state index in [9.17, 15) is 4.79 Å².